The monoisotopic (exact) mass is 1580 g/mol. The maximum absolute atomic E-state index is 12.7. The number of pyridine rings is 1. The fourth-order valence-corrected chi connectivity index (χ4v) is 16.7. The molecule has 6 aromatic rings. The lowest BCUT2D eigenvalue weighted by molar-refractivity contribution is 0.0898. The average Bonchev–Trinajstić information content (AvgIpc) is 1.73. The number of piperazine rings is 8. The lowest BCUT2D eigenvalue weighted by Crippen LogP contribution is -2.56. The first-order valence-electron chi connectivity index (χ1n) is 42.3. The summed E-state index contributed by atoms with van der Waals surface area (Å²) in [7, 11) is 10.5. The van der Waals surface area contributed by atoms with Gasteiger partial charge in [0.05, 0.1) is 5.69 Å². The van der Waals surface area contributed by atoms with Crippen molar-refractivity contribution in [1.29, 1.82) is 0 Å². The van der Waals surface area contributed by atoms with Crippen LogP contribution in [0.3, 0.4) is 0 Å². The molecule has 0 atom stereocenters. The van der Waals surface area contributed by atoms with E-state index in [1.165, 1.54) is 33.3 Å². The van der Waals surface area contributed by atoms with Crippen LogP contribution in [0.15, 0.2) is 121 Å². The van der Waals surface area contributed by atoms with E-state index in [9.17, 15) is 33.9 Å². The van der Waals surface area contributed by atoms with Crippen molar-refractivity contribution < 1.29 is 33.9 Å². The summed E-state index contributed by atoms with van der Waals surface area (Å²) in [5.74, 6) is 1.85. The quantitative estimate of drug-likeness (QED) is 0.147. The fraction of sp³-hybridized carbons (Fsp3) is 0.575. The second-order valence-corrected chi connectivity index (χ2v) is 32.8. The number of aryl methyl sites for hydroxylation is 3. The Morgan fingerprint density at radius 2 is 0.739 bits per heavy atom. The molecule has 11 amide bonds. The minimum Gasteiger partial charge on any atom is -0.506 e. The average molecular weight is 1580 g/mol. The highest BCUT2D eigenvalue weighted by atomic mass is 16.3. The first-order chi connectivity index (χ1) is 55.7. The molecule has 2 aromatic heterocycles. The van der Waals surface area contributed by atoms with Gasteiger partial charge in [-0.2, -0.15) is 0 Å². The number of urea groups is 5. The van der Waals surface area contributed by atoms with Crippen LogP contribution < -0.4 is 20.0 Å². The van der Waals surface area contributed by atoms with Crippen LogP contribution in [0.4, 0.5) is 41.2 Å². The number of carbonyl (C=O) groups is 6. The summed E-state index contributed by atoms with van der Waals surface area (Å²) in [4.78, 5) is 121. The van der Waals surface area contributed by atoms with Gasteiger partial charge in [-0.3, -0.25) is 4.79 Å². The number of phenolic OH excluding ortho intramolecular Hbond substituents is 1. The highest BCUT2D eigenvalue weighted by Gasteiger charge is 2.35. The second-order valence-electron chi connectivity index (χ2n) is 32.8. The molecule has 10 aliphatic heterocycles. The lowest BCUT2D eigenvalue weighted by Gasteiger charge is -2.40. The first-order valence-corrected chi connectivity index (χ1v) is 42.3. The van der Waals surface area contributed by atoms with E-state index in [0.29, 0.717) is 43.4 Å². The first kappa shape index (κ1) is 84.8. The minimum atomic E-state index is -0.0283. The number of aromatic nitrogens is 2. The molecule has 10 saturated heterocycles. The molecule has 115 heavy (non-hydrogen) atoms. The maximum atomic E-state index is 12.7. The molecule has 0 radical (unpaired) electrons. The van der Waals surface area contributed by atoms with Crippen LogP contribution in [0.25, 0.3) is 10.9 Å². The Bertz CT molecular complexity index is 4070. The third-order valence-corrected chi connectivity index (χ3v) is 24.8. The van der Waals surface area contributed by atoms with Crippen LogP contribution in [0.5, 0.6) is 5.75 Å². The number of aromatic amines is 1. The number of rotatable bonds is 6. The van der Waals surface area contributed by atoms with Gasteiger partial charge in [0.1, 0.15) is 11.6 Å². The number of nitrogens with one attached hydrogen (secondary N) is 2. The summed E-state index contributed by atoms with van der Waals surface area (Å²) in [6.45, 7) is 37.2. The number of hydrogen-bond donors (Lipinski definition) is 3. The van der Waals surface area contributed by atoms with E-state index in [1.807, 2.05) is 118 Å². The number of phenols is 1. The Morgan fingerprint density at radius 3 is 1.17 bits per heavy atom. The third kappa shape index (κ3) is 23.4. The van der Waals surface area contributed by atoms with Crippen molar-refractivity contribution in [2.45, 2.75) is 58.4 Å². The molecule has 12 heterocycles. The standard InChI is InChI=1S/C19H26N4O.C18H26N4O2.C18H28N4O.C16H25N5O.C16H24N4O2/c1-21-10-12-23(13-11-21)19(24)22-8-6-15(7-9-22)17-14-20-18-5-3-2-4-16(17)18;1-20-11-13-22(14-12-20)18(24)21-9-7-16(8-10-21)19-17(23)15-5-3-2-4-6-15;1-15-4-5-17(14-16(15)2)20-10-12-22(13-11-20)18(23)21-8-6-19(3)7-9-21;1-14-4-3-5-15(17-14)19-10-12-21(13-11-19)16(22)20-8-6-18(2)7-9-20;1-17-6-8-19(9-7-17)16(22)20-12-10-18(11-13-20)14-4-2-3-5-15(14)21/h2-5,14-15,20H,6-13H2,1H3;2-6,16H,7-14H2,1H3,(H,19,23);4-5,14H,6-13H2,1-3H3;3-5H,6-13H2,1-2H3;2-5,21H,6-13H2,1H3. The molecule has 0 bridgehead atoms. The number of nitrogens with zero attached hydrogens (tertiary/aromatic N) is 19. The van der Waals surface area contributed by atoms with Gasteiger partial charge < -0.3 is 104 Å². The zero-order chi connectivity index (χ0) is 80.9. The molecule has 28 heteroatoms. The van der Waals surface area contributed by atoms with Crippen LogP contribution in [-0.2, 0) is 0 Å². The minimum absolute atomic E-state index is 0.0283. The number of carbonyl (C=O) groups excluding carboxylic acids is 6. The van der Waals surface area contributed by atoms with Gasteiger partial charge in [-0.05, 0) is 159 Å². The molecule has 624 valence electrons. The van der Waals surface area contributed by atoms with Crippen LogP contribution in [0, 0.1) is 20.8 Å². The predicted molar refractivity (Wildman–Crippen MR) is 457 cm³/mol. The molecule has 10 fully saturated rings. The van der Waals surface area contributed by atoms with Gasteiger partial charge in [0.2, 0.25) is 0 Å². The number of amides is 11. The number of benzene rings is 4. The van der Waals surface area contributed by atoms with E-state index in [-0.39, 0.29) is 42.1 Å². The summed E-state index contributed by atoms with van der Waals surface area (Å²) in [5.41, 5.74) is 9.15. The normalized spacial score (nSPS) is 20.3. The number of likely N-dealkylation sites (tertiary alicyclic amines) is 2. The van der Waals surface area contributed by atoms with Crippen molar-refractivity contribution in [2.24, 2.45) is 0 Å². The van der Waals surface area contributed by atoms with Crippen LogP contribution in [0.1, 0.15) is 64.3 Å². The molecule has 4 aromatic carbocycles. The Balaban J connectivity index is 0.000000133. The van der Waals surface area contributed by atoms with Crippen molar-refractivity contribution in [3.05, 3.63) is 149 Å². The van der Waals surface area contributed by atoms with Gasteiger partial charge in [0.25, 0.3) is 5.91 Å². The number of fused-ring (bicyclic) bond motifs is 1. The van der Waals surface area contributed by atoms with Crippen molar-refractivity contribution >= 4 is 64.2 Å². The Kier molecular flexibility index (Phi) is 30.4. The number of likely N-dealkylation sites (N-methyl/N-ethyl adjacent to an activating group) is 5. The molecule has 28 nitrogen and oxygen atoms in total. The summed E-state index contributed by atoms with van der Waals surface area (Å²) >= 11 is 0. The summed E-state index contributed by atoms with van der Waals surface area (Å²) in [6.07, 6.45) is 5.91. The highest BCUT2D eigenvalue weighted by Crippen LogP contribution is 2.34. The molecule has 0 spiro atoms. The van der Waals surface area contributed by atoms with Gasteiger partial charge in [-0.25, -0.2) is 29.0 Å². The lowest BCUT2D eigenvalue weighted by atomic mass is 9.89. The van der Waals surface area contributed by atoms with Crippen molar-refractivity contribution in [3.63, 3.8) is 0 Å². The molecule has 0 saturated carbocycles. The summed E-state index contributed by atoms with van der Waals surface area (Å²) in [6, 6.07) is 39.0. The number of hydrogen-bond acceptors (Lipinski definition) is 16. The van der Waals surface area contributed by atoms with Gasteiger partial charge in [-0.15, -0.1) is 0 Å². The number of anilines is 3. The number of para-hydroxylation sites is 3. The number of piperidine rings is 2. The van der Waals surface area contributed by atoms with E-state index < -0.39 is 0 Å². The molecule has 10 aliphatic rings. The van der Waals surface area contributed by atoms with Crippen molar-refractivity contribution in [3.8, 4) is 5.75 Å². The van der Waals surface area contributed by atoms with Crippen LogP contribution in [0.2, 0.25) is 0 Å². The van der Waals surface area contributed by atoms with Crippen molar-refractivity contribution in [1.82, 2.24) is 88.8 Å². The third-order valence-electron chi connectivity index (χ3n) is 24.8. The van der Waals surface area contributed by atoms with Gasteiger partial charge in [0, 0.05) is 276 Å². The van der Waals surface area contributed by atoms with Crippen LogP contribution in [-0.4, -0.2) is 402 Å². The highest BCUT2D eigenvalue weighted by molar-refractivity contribution is 5.94. The molecular formula is C87H129N21O7. The molecule has 0 aliphatic carbocycles. The van der Waals surface area contributed by atoms with Gasteiger partial charge >= 0.3 is 30.2 Å². The summed E-state index contributed by atoms with van der Waals surface area (Å²) < 4.78 is 0. The van der Waals surface area contributed by atoms with E-state index in [1.54, 1.807) is 6.07 Å². The smallest absolute Gasteiger partial charge is 0.320 e. The topological polar surface area (TPSA) is 222 Å². The van der Waals surface area contributed by atoms with Gasteiger partial charge in [-0.1, -0.05) is 60.7 Å². The zero-order valence-electron chi connectivity index (χ0n) is 69.9. The Labute approximate surface area is 682 Å². The van der Waals surface area contributed by atoms with E-state index >= 15 is 0 Å². The van der Waals surface area contributed by atoms with Gasteiger partial charge in [0.15, 0.2) is 0 Å². The Hall–Kier alpha value is -9.61. The number of aromatic hydroxyl groups is 1. The number of H-pyrrole nitrogens is 1. The molecular weight excluding hydrogens is 1450 g/mol. The zero-order valence-corrected chi connectivity index (χ0v) is 69.9. The predicted octanol–water partition coefficient (Wildman–Crippen LogP) is 7.52. The van der Waals surface area contributed by atoms with E-state index in [0.717, 1.165) is 252 Å². The molecule has 16 rings (SSSR count). The largest absolute Gasteiger partial charge is 0.506 e. The van der Waals surface area contributed by atoms with E-state index in [2.05, 4.69) is 157 Å². The van der Waals surface area contributed by atoms with Crippen LogP contribution >= 0.6 is 0 Å². The summed E-state index contributed by atoms with van der Waals surface area (Å²) in [5, 5.41) is 14.3. The molecule has 0 unspecified atom stereocenters. The molecule has 3 N–H and O–H groups in total. The second kappa shape index (κ2) is 41.3. The fourth-order valence-electron chi connectivity index (χ4n) is 16.7. The Morgan fingerprint density at radius 1 is 0.365 bits per heavy atom. The SMILES string of the molecule is CN1CCN(C(=O)N2CCC(NC(=O)c3ccccc3)CC2)CC1.CN1CCN(C(=O)N2CCC(c3c[nH]c4ccccc34)CC2)CC1.CN1CCN(C(=O)N2CCN(c3ccccc3O)CC2)CC1.Cc1ccc(N2CCN(C(=O)N3CCN(C)CC3)CC2)cc1C.Cc1cccc(N2CCN(C(=O)N3CCN(C)CC3)CC2)n1. The van der Waals surface area contributed by atoms with E-state index in [4.69, 9.17) is 0 Å². The van der Waals surface area contributed by atoms with Crippen molar-refractivity contribution in [2.75, 3.05) is 286 Å². The maximum Gasteiger partial charge on any atom is 0.320 e.